The number of benzene rings is 3. The second kappa shape index (κ2) is 6.28. The molecule has 3 aromatic rings. The van der Waals surface area contributed by atoms with Gasteiger partial charge in [-0.05, 0) is 41.7 Å². The molecule has 0 aromatic heterocycles. The van der Waals surface area contributed by atoms with Crippen LogP contribution < -0.4 is 5.43 Å². The number of carbonyl (C=O) groups excluding carboxylic acids is 1. The van der Waals surface area contributed by atoms with Gasteiger partial charge in [0.1, 0.15) is 0 Å². The Hall–Kier alpha value is -2.94. The maximum Gasteiger partial charge on any atom is 0.272 e. The predicted octanol–water partition coefficient (Wildman–Crippen LogP) is 4.31. The molecule has 3 nitrogen and oxygen atoms in total. The smallest absolute Gasteiger partial charge is 0.267 e. The summed E-state index contributed by atoms with van der Waals surface area (Å²) in [6.45, 7) is 0. The average molecular weight is 314 g/mol. The van der Waals surface area contributed by atoms with Gasteiger partial charge in [-0.3, -0.25) is 4.79 Å². The molecular formula is C21H18N2O. The minimum absolute atomic E-state index is 0.164. The number of carbonyl (C=O) groups is 1. The van der Waals surface area contributed by atoms with Crippen LogP contribution in [0.25, 0.3) is 10.8 Å². The molecule has 0 atom stereocenters. The zero-order chi connectivity index (χ0) is 16.4. The highest BCUT2D eigenvalue weighted by Gasteiger charge is 2.15. The van der Waals surface area contributed by atoms with Crippen LogP contribution in [0.5, 0.6) is 0 Å². The molecule has 24 heavy (non-hydrogen) atoms. The van der Waals surface area contributed by atoms with Gasteiger partial charge in [0.05, 0.1) is 5.71 Å². The Morgan fingerprint density at radius 2 is 1.67 bits per heavy atom. The number of aryl methyl sites for hydroxylation is 1. The fourth-order valence-electron chi connectivity index (χ4n) is 3.32. The average Bonchev–Trinajstić information content (AvgIpc) is 2.65. The van der Waals surface area contributed by atoms with E-state index in [1.165, 1.54) is 5.56 Å². The minimum Gasteiger partial charge on any atom is -0.267 e. The van der Waals surface area contributed by atoms with Crippen molar-refractivity contribution in [3.63, 3.8) is 0 Å². The third-order valence-electron chi connectivity index (χ3n) is 4.51. The van der Waals surface area contributed by atoms with Gasteiger partial charge in [0.2, 0.25) is 0 Å². The van der Waals surface area contributed by atoms with Gasteiger partial charge in [0.25, 0.3) is 5.91 Å². The summed E-state index contributed by atoms with van der Waals surface area (Å²) in [5, 5.41) is 6.43. The highest BCUT2D eigenvalue weighted by Crippen LogP contribution is 2.22. The van der Waals surface area contributed by atoms with Gasteiger partial charge in [-0.1, -0.05) is 60.7 Å². The fourth-order valence-corrected chi connectivity index (χ4v) is 3.32. The van der Waals surface area contributed by atoms with Crippen LogP contribution in [0, 0.1) is 0 Å². The van der Waals surface area contributed by atoms with Crippen molar-refractivity contribution in [2.24, 2.45) is 5.10 Å². The molecular weight excluding hydrogens is 296 g/mol. The lowest BCUT2D eigenvalue weighted by molar-refractivity contribution is 0.0956. The largest absolute Gasteiger partial charge is 0.272 e. The molecule has 0 bridgehead atoms. The standard InChI is InChI=1S/C21H18N2O/c24-21(19-13-5-9-15-7-1-3-11-17(15)19)23-22-20-14-6-10-16-8-2-4-12-18(16)20/h1-5,7-9,11-13H,6,10,14H2,(H,23,24)/b22-20+. The monoisotopic (exact) mass is 314 g/mol. The maximum absolute atomic E-state index is 12.6. The summed E-state index contributed by atoms with van der Waals surface area (Å²) in [6.07, 6.45) is 3.04. The van der Waals surface area contributed by atoms with Gasteiger partial charge in [-0.25, -0.2) is 5.43 Å². The van der Waals surface area contributed by atoms with Gasteiger partial charge >= 0.3 is 0 Å². The van der Waals surface area contributed by atoms with Crippen LogP contribution in [0.4, 0.5) is 0 Å². The molecule has 0 saturated heterocycles. The molecule has 0 aliphatic heterocycles. The first-order valence-corrected chi connectivity index (χ1v) is 8.26. The molecule has 1 aliphatic carbocycles. The Kier molecular flexibility index (Phi) is 3.83. The second-order valence-electron chi connectivity index (χ2n) is 6.04. The number of hydrogen-bond donors (Lipinski definition) is 1. The van der Waals surface area contributed by atoms with Crippen molar-refractivity contribution in [1.82, 2.24) is 5.43 Å². The van der Waals surface area contributed by atoms with E-state index in [-0.39, 0.29) is 5.91 Å². The van der Waals surface area contributed by atoms with Crippen molar-refractivity contribution in [2.45, 2.75) is 19.3 Å². The molecule has 1 aliphatic rings. The lowest BCUT2D eigenvalue weighted by atomic mass is 9.90. The van der Waals surface area contributed by atoms with Crippen LogP contribution in [0.15, 0.2) is 71.8 Å². The van der Waals surface area contributed by atoms with Crippen molar-refractivity contribution < 1.29 is 4.79 Å². The zero-order valence-corrected chi connectivity index (χ0v) is 13.3. The minimum atomic E-state index is -0.164. The third-order valence-corrected chi connectivity index (χ3v) is 4.51. The van der Waals surface area contributed by atoms with Crippen LogP contribution in [0.3, 0.4) is 0 Å². The molecule has 118 valence electrons. The Labute approximate surface area is 141 Å². The quantitative estimate of drug-likeness (QED) is 0.704. The molecule has 1 amide bonds. The molecule has 3 heteroatoms. The third kappa shape index (κ3) is 2.69. The van der Waals surface area contributed by atoms with E-state index < -0.39 is 0 Å². The molecule has 4 rings (SSSR count). The molecule has 0 heterocycles. The van der Waals surface area contributed by atoms with Crippen molar-refractivity contribution in [3.8, 4) is 0 Å². The summed E-state index contributed by atoms with van der Waals surface area (Å²) in [6, 6.07) is 21.9. The van der Waals surface area contributed by atoms with Crippen molar-refractivity contribution in [3.05, 3.63) is 83.4 Å². The van der Waals surface area contributed by atoms with E-state index in [1.54, 1.807) is 0 Å². The summed E-state index contributed by atoms with van der Waals surface area (Å²) >= 11 is 0. The van der Waals surface area contributed by atoms with Gasteiger partial charge in [-0.2, -0.15) is 5.10 Å². The molecule has 1 N–H and O–H groups in total. The Bertz CT molecular complexity index is 938. The second-order valence-corrected chi connectivity index (χ2v) is 6.04. The first-order chi connectivity index (χ1) is 11.8. The topological polar surface area (TPSA) is 41.5 Å². The summed E-state index contributed by atoms with van der Waals surface area (Å²) in [4.78, 5) is 12.6. The lowest BCUT2D eigenvalue weighted by Gasteiger charge is -2.17. The van der Waals surface area contributed by atoms with Gasteiger partial charge in [-0.15, -0.1) is 0 Å². The Balaban J connectivity index is 1.63. The van der Waals surface area contributed by atoms with Crippen LogP contribution >= 0.6 is 0 Å². The van der Waals surface area contributed by atoms with E-state index >= 15 is 0 Å². The van der Waals surface area contributed by atoms with Crippen molar-refractivity contribution in [2.75, 3.05) is 0 Å². The number of amides is 1. The van der Waals surface area contributed by atoms with E-state index in [0.29, 0.717) is 5.56 Å². The van der Waals surface area contributed by atoms with Crippen molar-refractivity contribution in [1.29, 1.82) is 0 Å². The summed E-state index contributed by atoms with van der Waals surface area (Å²) in [5.74, 6) is -0.164. The number of rotatable bonds is 2. The molecule has 0 fully saturated rings. The van der Waals surface area contributed by atoms with E-state index in [2.05, 4.69) is 28.7 Å². The highest BCUT2D eigenvalue weighted by atomic mass is 16.2. The number of hydrogen-bond acceptors (Lipinski definition) is 2. The van der Waals surface area contributed by atoms with E-state index in [1.807, 2.05) is 48.5 Å². The maximum atomic E-state index is 12.6. The highest BCUT2D eigenvalue weighted by molar-refractivity contribution is 6.08. The first kappa shape index (κ1) is 14.6. The van der Waals surface area contributed by atoms with E-state index in [9.17, 15) is 4.79 Å². The number of nitrogens with one attached hydrogen (secondary N) is 1. The molecule has 0 saturated carbocycles. The molecule has 0 unspecified atom stereocenters. The van der Waals surface area contributed by atoms with Gasteiger partial charge < -0.3 is 0 Å². The molecule has 3 aromatic carbocycles. The lowest BCUT2D eigenvalue weighted by Crippen LogP contribution is -2.22. The fraction of sp³-hybridized carbons (Fsp3) is 0.143. The Morgan fingerprint density at radius 1 is 0.875 bits per heavy atom. The SMILES string of the molecule is O=C(N/N=C1\CCCc2ccccc21)c1cccc2ccccc12. The van der Waals surface area contributed by atoms with Gasteiger partial charge in [0.15, 0.2) is 0 Å². The number of nitrogens with zero attached hydrogens (tertiary/aromatic N) is 1. The molecule has 0 radical (unpaired) electrons. The summed E-state index contributed by atoms with van der Waals surface area (Å²) < 4.78 is 0. The predicted molar refractivity (Wildman–Crippen MR) is 97.3 cm³/mol. The van der Waals surface area contributed by atoms with Crippen LogP contribution in [0.1, 0.15) is 34.3 Å². The van der Waals surface area contributed by atoms with E-state index in [0.717, 1.165) is 41.3 Å². The number of hydrazone groups is 1. The van der Waals surface area contributed by atoms with Crippen LogP contribution in [-0.4, -0.2) is 11.6 Å². The Morgan fingerprint density at radius 3 is 2.62 bits per heavy atom. The summed E-state index contributed by atoms with van der Waals surface area (Å²) in [5.41, 5.74) is 6.83. The van der Waals surface area contributed by atoms with Gasteiger partial charge in [0, 0.05) is 11.1 Å². The molecule has 0 spiro atoms. The van der Waals surface area contributed by atoms with Crippen LogP contribution in [0.2, 0.25) is 0 Å². The van der Waals surface area contributed by atoms with Crippen LogP contribution in [-0.2, 0) is 6.42 Å². The summed E-state index contributed by atoms with van der Waals surface area (Å²) in [7, 11) is 0. The number of fused-ring (bicyclic) bond motifs is 2. The first-order valence-electron chi connectivity index (χ1n) is 8.26. The normalized spacial score (nSPS) is 15.2. The van der Waals surface area contributed by atoms with Crippen molar-refractivity contribution >= 4 is 22.4 Å². The zero-order valence-electron chi connectivity index (χ0n) is 13.3. The van der Waals surface area contributed by atoms with E-state index in [4.69, 9.17) is 0 Å².